The number of benzene rings is 1. The number of amides is 1. The maximum absolute atomic E-state index is 12.3. The number of ether oxygens (including phenoxy) is 1. The van der Waals surface area contributed by atoms with Gasteiger partial charge in [-0.05, 0) is 13.0 Å². The number of methoxy groups -OCH3 is 1. The van der Waals surface area contributed by atoms with Crippen molar-refractivity contribution in [2.45, 2.75) is 13.3 Å². The van der Waals surface area contributed by atoms with Crippen LogP contribution in [0.25, 0.3) is 0 Å². The highest BCUT2D eigenvalue weighted by molar-refractivity contribution is 6.33. The summed E-state index contributed by atoms with van der Waals surface area (Å²) in [5, 5.41) is 3.20. The van der Waals surface area contributed by atoms with Crippen LogP contribution in [0.1, 0.15) is 23.7 Å². The van der Waals surface area contributed by atoms with Gasteiger partial charge in [-0.15, -0.1) is 0 Å². The minimum absolute atomic E-state index is 0.236. The summed E-state index contributed by atoms with van der Waals surface area (Å²) in [4.78, 5) is 18.9. The number of carbonyl (C=O) groups is 1. The molecular formula is C15H21ClN4O2. The zero-order chi connectivity index (χ0) is 16.1. The third-order valence-electron chi connectivity index (χ3n) is 3.61. The Morgan fingerprint density at radius 2 is 2.32 bits per heavy atom. The van der Waals surface area contributed by atoms with Gasteiger partial charge in [0.25, 0.3) is 5.91 Å². The van der Waals surface area contributed by atoms with Crippen LogP contribution < -0.4 is 15.8 Å². The van der Waals surface area contributed by atoms with Crippen molar-refractivity contribution in [2.75, 3.05) is 39.0 Å². The number of hydrogen-bond donors (Lipinski definition) is 2. The van der Waals surface area contributed by atoms with E-state index in [1.807, 2.05) is 0 Å². The van der Waals surface area contributed by atoms with Crippen LogP contribution in [0.5, 0.6) is 5.75 Å². The molecule has 120 valence electrons. The molecule has 0 unspecified atom stereocenters. The molecule has 0 fully saturated rings. The Hall–Kier alpha value is -1.95. The molecule has 0 saturated carbocycles. The second-order valence-corrected chi connectivity index (χ2v) is 5.36. The van der Waals surface area contributed by atoms with E-state index in [9.17, 15) is 4.79 Å². The number of aliphatic imine (C=N–C) groups is 1. The zero-order valence-electron chi connectivity index (χ0n) is 12.9. The van der Waals surface area contributed by atoms with E-state index in [1.165, 1.54) is 13.2 Å². The van der Waals surface area contributed by atoms with E-state index in [4.69, 9.17) is 22.1 Å². The molecule has 0 radical (unpaired) electrons. The molecule has 0 aliphatic carbocycles. The minimum atomic E-state index is -0.236. The Balaban J connectivity index is 1.97. The molecule has 1 aromatic rings. The molecule has 1 heterocycles. The van der Waals surface area contributed by atoms with E-state index < -0.39 is 0 Å². The monoisotopic (exact) mass is 324 g/mol. The Bertz CT molecular complexity index is 589. The van der Waals surface area contributed by atoms with Gasteiger partial charge in [-0.3, -0.25) is 9.79 Å². The fourth-order valence-electron chi connectivity index (χ4n) is 2.41. The topological polar surface area (TPSA) is 80.0 Å². The second-order valence-electron chi connectivity index (χ2n) is 4.96. The lowest BCUT2D eigenvalue weighted by molar-refractivity contribution is 0.0951. The smallest absolute Gasteiger partial charge is 0.255 e. The van der Waals surface area contributed by atoms with E-state index in [0.29, 0.717) is 35.0 Å². The molecular weight excluding hydrogens is 304 g/mol. The van der Waals surface area contributed by atoms with Crippen LogP contribution in [0.3, 0.4) is 0 Å². The van der Waals surface area contributed by atoms with Crippen LogP contribution in [0.15, 0.2) is 17.1 Å². The molecule has 1 aliphatic heterocycles. The summed E-state index contributed by atoms with van der Waals surface area (Å²) in [6.07, 6.45) is 0.713. The van der Waals surface area contributed by atoms with Gasteiger partial charge in [0.1, 0.15) is 11.6 Å². The second kappa shape index (κ2) is 7.35. The number of nitrogens with two attached hydrogens (primary N) is 1. The predicted molar refractivity (Wildman–Crippen MR) is 88.9 cm³/mol. The largest absolute Gasteiger partial charge is 0.496 e. The summed E-state index contributed by atoms with van der Waals surface area (Å²) < 4.78 is 5.19. The Morgan fingerprint density at radius 3 is 3.00 bits per heavy atom. The molecule has 6 nitrogen and oxygen atoms in total. The summed E-state index contributed by atoms with van der Waals surface area (Å²) in [6.45, 7) is 5.34. The van der Waals surface area contributed by atoms with E-state index in [0.717, 1.165) is 25.5 Å². The molecule has 0 spiro atoms. The van der Waals surface area contributed by atoms with Gasteiger partial charge in [-0.2, -0.15) is 0 Å². The summed E-state index contributed by atoms with van der Waals surface area (Å²) in [7, 11) is 1.49. The zero-order valence-corrected chi connectivity index (χ0v) is 13.6. The number of carbonyl (C=O) groups excluding carboxylic acids is 1. The molecule has 22 heavy (non-hydrogen) atoms. The van der Waals surface area contributed by atoms with Crippen molar-refractivity contribution in [3.8, 4) is 5.75 Å². The van der Waals surface area contributed by atoms with Crippen LogP contribution in [0, 0.1) is 0 Å². The number of nitrogens with zero attached hydrogens (tertiary/aromatic N) is 2. The molecule has 1 aliphatic rings. The highest BCUT2D eigenvalue weighted by Crippen LogP contribution is 2.28. The van der Waals surface area contributed by atoms with Crippen LogP contribution in [0.2, 0.25) is 5.02 Å². The Labute approximate surface area is 135 Å². The predicted octanol–water partition coefficient (Wildman–Crippen LogP) is 1.78. The molecule has 7 heteroatoms. The SMILES string of the molecule is CCN1CCN=C1CCNC(=O)c1cc(Cl)c(N)cc1OC. The quantitative estimate of drug-likeness (QED) is 0.782. The number of halogens is 1. The molecule has 3 N–H and O–H groups in total. The number of rotatable bonds is 6. The standard InChI is InChI=1S/C15H21ClN4O2/c1-3-20-7-6-18-14(20)4-5-19-15(21)10-8-11(16)12(17)9-13(10)22-2/h8-9H,3-7,17H2,1-2H3,(H,19,21). The van der Waals surface area contributed by atoms with Crippen LogP contribution in [-0.2, 0) is 0 Å². The number of nitrogen functional groups attached to an aromatic ring is 1. The number of likely N-dealkylation sites (N-methyl/N-ethyl adjacent to an activating group) is 1. The van der Waals surface area contributed by atoms with Crippen molar-refractivity contribution in [2.24, 2.45) is 4.99 Å². The van der Waals surface area contributed by atoms with E-state index in [1.54, 1.807) is 6.07 Å². The van der Waals surface area contributed by atoms with Gasteiger partial charge in [0.15, 0.2) is 0 Å². The first-order valence-corrected chi connectivity index (χ1v) is 7.64. The van der Waals surface area contributed by atoms with Gasteiger partial charge < -0.3 is 20.7 Å². The molecule has 0 bridgehead atoms. The van der Waals surface area contributed by atoms with Crippen molar-refractivity contribution < 1.29 is 9.53 Å². The molecule has 1 amide bonds. The lowest BCUT2D eigenvalue weighted by Crippen LogP contribution is -2.32. The first-order valence-electron chi connectivity index (χ1n) is 7.26. The van der Waals surface area contributed by atoms with E-state index >= 15 is 0 Å². The highest BCUT2D eigenvalue weighted by Gasteiger charge is 2.17. The van der Waals surface area contributed by atoms with Crippen molar-refractivity contribution in [1.82, 2.24) is 10.2 Å². The third kappa shape index (κ3) is 3.62. The lowest BCUT2D eigenvalue weighted by atomic mass is 10.1. The molecule has 2 rings (SSSR count). The Morgan fingerprint density at radius 1 is 1.55 bits per heavy atom. The minimum Gasteiger partial charge on any atom is -0.496 e. The van der Waals surface area contributed by atoms with Gasteiger partial charge in [0.2, 0.25) is 0 Å². The average Bonchev–Trinajstić information content (AvgIpc) is 2.96. The fraction of sp³-hybridized carbons (Fsp3) is 0.467. The van der Waals surface area contributed by atoms with Crippen molar-refractivity contribution >= 4 is 29.0 Å². The molecule has 1 aromatic carbocycles. The normalized spacial score (nSPS) is 14.0. The van der Waals surface area contributed by atoms with Gasteiger partial charge in [-0.25, -0.2) is 0 Å². The average molecular weight is 325 g/mol. The van der Waals surface area contributed by atoms with Gasteiger partial charge in [0, 0.05) is 32.1 Å². The summed E-state index contributed by atoms with van der Waals surface area (Å²) >= 11 is 5.98. The van der Waals surface area contributed by atoms with Crippen LogP contribution in [-0.4, -0.2) is 49.9 Å². The summed E-state index contributed by atoms with van der Waals surface area (Å²) in [5.74, 6) is 1.22. The van der Waals surface area contributed by atoms with Gasteiger partial charge in [0.05, 0.1) is 29.9 Å². The van der Waals surface area contributed by atoms with Crippen LogP contribution >= 0.6 is 11.6 Å². The Kier molecular flexibility index (Phi) is 5.49. The number of hydrogen-bond acceptors (Lipinski definition) is 5. The molecule has 0 aromatic heterocycles. The summed E-state index contributed by atoms with van der Waals surface area (Å²) in [6, 6.07) is 3.08. The van der Waals surface area contributed by atoms with Crippen molar-refractivity contribution in [3.05, 3.63) is 22.7 Å². The van der Waals surface area contributed by atoms with Gasteiger partial charge >= 0.3 is 0 Å². The van der Waals surface area contributed by atoms with Crippen molar-refractivity contribution in [1.29, 1.82) is 0 Å². The first kappa shape index (κ1) is 16.4. The number of nitrogens with one attached hydrogen (secondary N) is 1. The van der Waals surface area contributed by atoms with Gasteiger partial charge in [-0.1, -0.05) is 11.6 Å². The summed E-state index contributed by atoms with van der Waals surface area (Å²) in [5.41, 5.74) is 6.47. The molecule has 0 atom stereocenters. The maximum atomic E-state index is 12.3. The number of amidine groups is 1. The van der Waals surface area contributed by atoms with E-state index in [-0.39, 0.29) is 5.91 Å². The fourth-order valence-corrected chi connectivity index (χ4v) is 2.57. The van der Waals surface area contributed by atoms with E-state index in [2.05, 4.69) is 22.1 Å². The third-order valence-corrected chi connectivity index (χ3v) is 3.94. The van der Waals surface area contributed by atoms with Crippen LogP contribution in [0.4, 0.5) is 5.69 Å². The molecule has 0 saturated heterocycles. The van der Waals surface area contributed by atoms with Crippen molar-refractivity contribution in [3.63, 3.8) is 0 Å². The maximum Gasteiger partial charge on any atom is 0.255 e. The lowest BCUT2D eigenvalue weighted by Gasteiger charge is -2.18. The highest BCUT2D eigenvalue weighted by atomic mass is 35.5. The first-order chi connectivity index (χ1) is 10.6. The number of anilines is 1.